The fourth-order valence-corrected chi connectivity index (χ4v) is 5.55. The molecule has 4 aromatic rings. The Bertz CT molecular complexity index is 1820. The largest absolute Gasteiger partial charge is 0.494 e. The number of hydrogen-bond acceptors (Lipinski definition) is 9. The van der Waals surface area contributed by atoms with E-state index in [4.69, 9.17) is 19.2 Å². The fourth-order valence-electron chi connectivity index (χ4n) is 4.63. The van der Waals surface area contributed by atoms with Gasteiger partial charge in [-0.2, -0.15) is 0 Å². The van der Waals surface area contributed by atoms with Crippen LogP contribution in [0.25, 0.3) is 10.9 Å². The number of fused-ring (bicyclic) bond motifs is 2. The SMILES string of the molecule is COC(=O)c1ccc2c(C(=Nc3ccc(N(CCN(C)C)S(C)(=O)=O)c(F)c3)c3ccc4c(c3)OCO4)c(O)[nH]c2c1. The molecule has 0 bridgehead atoms. The minimum absolute atomic E-state index is 0.0528. The summed E-state index contributed by atoms with van der Waals surface area (Å²) in [5, 5.41) is 11.6. The van der Waals surface area contributed by atoms with E-state index in [0.717, 1.165) is 16.6 Å². The molecule has 220 valence electrons. The molecule has 0 saturated carbocycles. The molecule has 1 aliphatic rings. The number of sulfonamides is 1. The van der Waals surface area contributed by atoms with Crippen molar-refractivity contribution in [2.75, 3.05) is 51.6 Å². The molecule has 0 amide bonds. The molecule has 0 atom stereocenters. The highest BCUT2D eigenvalue weighted by molar-refractivity contribution is 7.92. The summed E-state index contributed by atoms with van der Waals surface area (Å²) in [7, 11) is 1.10. The number of anilines is 1. The molecule has 1 aliphatic heterocycles. The van der Waals surface area contributed by atoms with Crippen LogP contribution in [-0.4, -0.2) is 82.4 Å². The van der Waals surface area contributed by atoms with Gasteiger partial charge in [0.2, 0.25) is 16.8 Å². The average molecular weight is 597 g/mol. The van der Waals surface area contributed by atoms with E-state index in [1.807, 2.05) is 0 Å². The number of likely N-dealkylation sites (N-methyl/N-ethyl adjacent to an activating group) is 1. The van der Waals surface area contributed by atoms with Gasteiger partial charge in [0.25, 0.3) is 0 Å². The van der Waals surface area contributed by atoms with E-state index in [-0.39, 0.29) is 41.9 Å². The molecule has 13 heteroatoms. The molecule has 2 N–H and O–H groups in total. The highest BCUT2D eigenvalue weighted by Crippen LogP contribution is 2.37. The zero-order chi connectivity index (χ0) is 30.2. The summed E-state index contributed by atoms with van der Waals surface area (Å²) in [6.45, 7) is 0.500. The number of carbonyl (C=O) groups excluding carboxylic acids is 1. The molecule has 3 aromatic carbocycles. The monoisotopic (exact) mass is 596 g/mol. The quantitative estimate of drug-likeness (QED) is 0.219. The van der Waals surface area contributed by atoms with Crippen molar-refractivity contribution in [1.82, 2.24) is 9.88 Å². The first-order chi connectivity index (χ1) is 20.0. The summed E-state index contributed by atoms with van der Waals surface area (Å²) in [5.74, 6) is -0.540. The van der Waals surface area contributed by atoms with E-state index in [1.165, 1.54) is 19.2 Å². The van der Waals surface area contributed by atoms with Crippen molar-refractivity contribution in [2.45, 2.75) is 0 Å². The number of esters is 1. The lowest BCUT2D eigenvalue weighted by Crippen LogP contribution is -2.36. The molecule has 42 heavy (non-hydrogen) atoms. The van der Waals surface area contributed by atoms with E-state index < -0.39 is 21.8 Å². The second-order valence-electron chi connectivity index (χ2n) is 9.90. The number of benzene rings is 3. The Balaban J connectivity index is 1.65. The number of aliphatic imine (C=N–C) groups is 1. The molecule has 5 rings (SSSR count). The number of ether oxygens (including phenoxy) is 3. The number of nitrogens with one attached hydrogen (secondary N) is 1. The van der Waals surface area contributed by atoms with Crippen LogP contribution in [0.2, 0.25) is 0 Å². The summed E-state index contributed by atoms with van der Waals surface area (Å²) in [5.41, 5.74) is 1.89. The molecule has 0 unspecified atom stereocenters. The van der Waals surface area contributed by atoms with Crippen LogP contribution in [-0.2, 0) is 14.8 Å². The number of carbonyl (C=O) groups is 1. The van der Waals surface area contributed by atoms with Gasteiger partial charge < -0.3 is 29.2 Å². The van der Waals surface area contributed by atoms with E-state index in [1.54, 1.807) is 55.4 Å². The third kappa shape index (κ3) is 5.74. The van der Waals surface area contributed by atoms with Crippen molar-refractivity contribution in [1.29, 1.82) is 0 Å². The Kier molecular flexibility index (Phi) is 7.80. The van der Waals surface area contributed by atoms with Gasteiger partial charge in [-0.25, -0.2) is 22.6 Å². The fraction of sp³-hybridized carbons (Fsp3) is 0.241. The Morgan fingerprint density at radius 2 is 1.79 bits per heavy atom. The zero-order valence-electron chi connectivity index (χ0n) is 23.3. The molecule has 2 heterocycles. The highest BCUT2D eigenvalue weighted by Gasteiger charge is 2.24. The van der Waals surface area contributed by atoms with Gasteiger partial charge in [-0.1, -0.05) is 6.07 Å². The smallest absolute Gasteiger partial charge is 0.337 e. The number of rotatable bonds is 9. The van der Waals surface area contributed by atoms with Crippen LogP contribution in [0.3, 0.4) is 0 Å². The molecule has 0 saturated heterocycles. The van der Waals surface area contributed by atoms with E-state index in [9.17, 15) is 18.3 Å². The third-order valence-corrected chi connectivity index (χ3v) is 7.85. The van der Waals surface area contributed by atoms with Crippen LogP contribution < -0.4 is 13.8 Å². The normalized spacial score (nSPS) is 13.1. The molecule has 11 nitrogen and oxygen atoms in total. The van der Waals surface area contributed by atoms with Gasteiger partial charge >= 0.3 is 5.97 Å². The Morgan fingerprint density at radius 1 is 1.05 bits per heavy atom. The van der Waals surface area contributed by atoms with Gasteiger partial charge in [-0.15, -0.1) is 0 Å². The number of halogens is 1. The lowest BCUT2D eigenvalue weighted by Gasteiger charge is -2.24. The first kappa shape index (κ1) is 28.9. The number of methoxy groups -OCH3 is 1. The number of H-pyrrole nitrogens is 1. The van der Waals surface area contributed by atoms with Gasteiger partial charge in [0.05, 0.1) is 41.6 Å². The van der Waals surface area contributed by atoms with Gasteiger partial charge in [-0.3, -0.25) is 4.31 Å². The second kappa shape index (κ2) is 11.3. The third-order valence-electron chi connectivity index (χ3n) is 6.67. The lowest BCUT2D eigenvalue weighted by atomic mass is 9.99. The van der Waals surface area contributed by atoms with Crippen molar-refractivity contribution in [3.05, 3.63) is 77.1 Å². The first-order valence-electron chi connectivity index (χ1n) is 12.8. The minimum Gasteiger partial charge on any atom is -0.494 e. The van der Waals surface area contributed by atoms with Crippen molar-refractivity contribution in [3.63, 3.8) is 0 Å². The number of hydrogen-bond donors (Lipinski definition) is 2. The predicted molar refractivity (Wildman–Crippen MR) is 156 cm³/mol. The van der Waals surface area contributed by atoms with E-state index in [2.05, 4.69) is 4.98 Å². The van der Waals surface area contributed by atoms with Crippen LogP contribution in [0.1, 0.15) is 21.5 Å². The van der Waals surface area contributed by atoms with E-state index in [0.29, 0.717) is 40.1 Å². The van der Waals surface area contributed by atoms with Crippen LogP contribution in [0, 0.1) is 5.82 Å². The minimum atomic E-state index is -3.76. The Morgan fingerprint density at radius 3 is 2.48 bits per heavy atom. The number of nitrogens with zero attached hydrogens (tertiary/aromatic N) is 3. The number of aromatic amines is 1. The summed E-state index contributed by atoms with van der Waals surface area (Å²) >= 11 is 0. The maximum atomic E-state index is 15.5. The van der Waals surface area contributed by atoms with Crippen molar-refractivity contribution < 1.29 is 36.9 Å². The van der Waals surface area contributed by atoms with Gasteiger partial charge in [0.15, 0.2) is 17.4 Å². The Hall–Kier alpha value is -4.62. The summed E-state index contributed by atoms with van der Waals surface area (Å²) in [6.07, 6.45) is 1.03. The average Bonchev–Trinajstić information content (AvgIpc) is 3.54. The van der Waals surface area contributed by atoms with Gasteiger partial charge in [0, 0.05) is 35.6 Å². The van der Waals surface area contributed by atoms with Crippen molar-refractivity contribution in [3.8, 4) is 17.4 Å². The summed E-state index contributed by atoms with van der Waals surface area (Å²) in [4.78, 5) is 21.5. The van der Waals surface area contributed by atoms with Gasteiger partial charge in [0.1, 0.15) is 5.82 Å². The Labute approximate surface area is 241 Å². The molecular weight excluding hydrogens is 567 g/mol. The maximum absolute atomic E-state index is 15.5. The second-order valence-corrected chi connectivity index (χ2v) is 11.8. The van der Waals surface area contributed by atoms with Crippen LogP contribution in [0.4, 0.5) is 15.8 Å². The van der Waals surface area contributed by atoms with Crippen molar-refractivity contribution >= 4 is 44.0 Å². The summed E-state index contributed by atoms with van der Waals surface area (Å²) < 4.78 is 57.2. The standard InChI is InChI=1S/C29H29FN4O7S/c1-33(2)11-12-34(42(4,37)38)23-9-7-19(15-21(23)30)31-27(17-6-10-24-25(14-17)41-16-40-24)26-20-8-5-18(29(36)39-3)13-22(20)32-28(26)35/h5-10,13-15,32,35H,11-12,16H2,1-4H3. The van der Waals surface area contributed by atoms with Crippen LogP contribution in [0.15, 0.2) is 59.6 Å². The lowest BCUT2D eigenvalue weighted by molar-refractivity contribution is 0.0601. The molecule has 0 spiro atoms. The van der Waals surface area contributed by atoms with E-state index >= 15 is 4.39 Å². The number of aromatic nitrogens is 1. The number of aromatic hydroxyl groups is 1. The maximum Gasteiger partial charge on any atom is 0.337 e. The van der Waals surface area contributed by atoms with Crippen molar-refractivity contribution in [2.24, 2.45) is 4.99 Å². The molecular formula is C29H29FN4O7S. The predicted octanol–water partition coefficient (Wildman–Crippen LogP) is 4.02. The van der Waals surface area contributed by atoms with Crippen LogP contribution >= 0.6 is 0 Å². The molecule has 0 radical (unpaired) electrons. The molecule has 0 aliphatic carbocycles. The van der Waals surface area contributed by atoms with Gasteiger partial charge in [-0.05, 0) is 56.6 Å². The molecule has 0 fully saturated rings. The highest BCUT2D eigenvalue weighted by atomic mass is 32.2. The first-order valence-corrected chi connectivity index (χ1v) is 14.6. The zero-order valence-corrected chi connectivity index (χ0v) is 24.2. The topological polar surface area (TPSA) is 134 Å². The molecule has 1 aromatic heterocycles. The summed E-state index contributed by atoms with van der Waals surface area (Å²) in [6, 6.07) is 13.9. The van der Waals surface area contributed by atoms with Crippen LogP contribution in [0.5, 0.6) is 17.4 Å².